The fraction of sp³-hybridized carbons (Fsp3) is 0.250. The van der Waals surface area contributed by atoms with Gasteiger partial charge in [-0.3, -0.25) is 0 Å². The van der Waals surface area contributed by atoms with Crippen molar-refractivity contribution in [1.82, 2.24) is 0 Å². The molecule has 0 fully saturated rings. The van der Waals surface area contributed by atoms with Gasteiger partial charge in [0.05, 0.1) is 10.6 Å². The Bertz CT molecular complexity index is 607. The molecule has 0 bridgehead atoms. The summed E-state index contributed by atoms with van der Waals surface area (Å²) in [5.41, 5.74) is 6.39. The minimum absolute atomic E-state index is 0.0221. The maximum atomic E-state index is 12.2. The van der Waals surface area contributed by atoms with E-state index in [1.165, 1.54) is 18.2 Å². The predicted molar refractivity (Wildman–Crippen MR) is 75.5 cm³/mol. The van der Waals surface area contributed by atoms with Crippen molar-refractivity contribution in [3.8, 4) is 0 Å². The maximum absolute atomic E-state index is 12.2. The normalized spacial score (nSPS) is 12.2. The van der Waals surface area contributed by atoms with Gasteiger partial charge < -0.3 is 15.8 Å². The number of oxime groups is 1. The monoisotopic (exact) mass is 283 g/mol. The zero-order valence-corrected chi connectivity index (χ0v) is 11.7. The standard InChI is InChI=1S/C12H17N3O3S/c1-4-7-19(17,18)11-8-9(15(2)3)5-6-10(11)12(13)14-16/h4-6,8,16H,1,7H2,2-3H3,(H2,13,14). The molecule has 1 aromatic rings. The highest BCUT2D eigenvalue weighted by Gasteiger charge is 2.20. The van der Waals surface area contributed by atoms with Crippen LogP contribution in [0.3, 0.4) is 0 Å². The smallest absolute Gasteiger partial charge is 0.182 e. The first-order valence-corrected chi connectivity index (χ1v) is 7.11. The van der Waals surface area contributed by atoms with Crippen molar-refractivity contribution >= 4 is 21.4 Å². The van der Waals surface area contributed by atoms with Crippen LogP contribution >= 0.6 is 0 Å². The maximum Gasteiger partial charge on any atom is 0.182 e. The molecular formula is C12H17N3O3S. The third-order valence-corrected chi connectivity index (χ3v) is 4.22. The SMILES string of the molecule is C=CCS(=O)(=O)c1cc(N(C)C)ccc1C(N)=NO. The molecule has 0 saturated carbocycles. The molecule has 0 atom stereocenters. The lowest BCUT2D eigenvalue weighted by Gasteiger charge is -2.16. The van der Waals surface area contributed by atoms with Crippen LogP contribution in [0.2, 0.25) is 0 Å². The van der Waals surface area contributed by atoms with Crippen LogP contribution in [0, 0.1) is 0 Å². The van der Waals surface area contributed by atoms with Gasteiger partial charge in [0.2, 0.25) is 0 Å². The van der Waals surface area contributed by atoms with Crippen LogP contribution in [-0.4, -0.2) is 39.3 Å². The Hall–Kier alpha value is -2.02. The van der Waals surface area contributed by atoms with Gasteiger partial charge in [-0.05, 0) is 18.2 Å². The molecular weight excluding hydrogens is 266 g/mol. The molecule has 7 heteroatoms. The zero-order chi connectivity index (χ0) is 14.6. The Morgan fingerprint density at radius 2 is 2.16 bits per heavy atom. The second-order valence-electron chi connectivity index (χ2n) is 4.13. The lowest BCUT2D eigenvalue weighted by atomic mass is 10.2. The molecule has 3 N–H and O–H groups in total. The summed E-state index contributed by atoms with van der Waals surface area (Å²) in [7, 11) is 0.0193. The van der Waals surface area contributed by atoms with E-state index in [9.17, 15) is 8.42 Å². The fourth-order valence-electron chi connectivity index (χ4n) is 1.56. The Kier molecular flexibility index (Phi) is 4.55. The minimum Gasteiger partial charge on any atom is -0.409 e. The third-order valence-electron chi connectivity index (χ3n) is 2.54. The van der Waals surface area contributed by atoms with Crippen molar-refractivity contribution < 1.29 is 13.6 Å². The van der Waals surface area contributed by atoms with Crippen molar-refractivity contribution in [3.05, 3.63) is 36.4 Å². The summed E-state index contributed by atoms with van der Waals surface area (Å²) in [5.74, 6) is -0.455. The molecule has 0 aliphatic rings. The molecule has 0 aliphatic heterocycles. The number of hydrogen-bond acceptors (Lipinski definition) is 5. The van der Waals surface area contributed by atoms with E-state index < -0.39 is 9.84 Å². The van der Waals surface area contributed by atoms with E-state index in [4.69, 9.17) is 10.9 Å². The first kappa shape index (κ1) is 15.0. The summed E-state index contributed by atoms with van der Waals surface area (Å²) in [4.78, 5) is 1.79. The molecule has 0 aliphatic carbocycles. The molecule has 0 amide bonds. The average Bonchev–Trinajstić information content (AvgIpc) is 2.37. The van der Waals surface area contributed by atoms with Gasteiger partial charge >= 0.3 is 0 Å². The minimum atomic E-state index is -3.57. The lowest BCUT2D eigenvalue weighted by molar-refractivity contribution is 0.318. The number of nitrogens with two attached hydrogens (primary N) is 1. The van der Waals surface area contributed by atoms with Crippen LogP contribution in [0.15, 0.2) is 40.9 Å². The molecule has 0 unspecified atom stereocenters. The van der Waals surface area contributed by atoms with Crippen LogP contribution in [0.4, 0.5) is 5.69 Å². The van der Waals surface area contributed by atoms with Gasteiger partial charge in [-0.15, -0.1) is 6.58 Å². The second kappa shape index (κ2) is 5.75. The molecule has 6 nitrogen and oxygen atoms in total. The summed E-state index contributed by atoms with van der Waals surface area (Å²) in [5, 5.41) is 11.6. The van der Waals surface area contributed by atoms with Crippen molar-refractivity contribution in [1.29, 1.82) is 0 Å². The topological polar surface area (TPSA) is 96.0 Å². The van der Waals surface area contributed by atoms with E-state index in [1.807, 2.05) is 0 Å². The third kappa shape index (κ3) is 3.25. The number of sulfone groups is 1. The van der Waals surface area contributed by atoms with Gasteiger partial charge in [-0.2, -0.15) is 0 Å². The summed E-state index contributed by atoms with van der Waals surface area (Å²) < 4.78 is 24.3. The molecule has 1 aromatic carbocycles. The Balaban J connectivity index is 3.56. The van der Waals surface area contributed by atoms with Crippen molar-refractivity contribution in [3.63, 3.8) is 0 Å². The highest BCUT2D eigenvalue weighted by molar-refractivity contribution is 7.91. The summed E-state index contributed by atoms with van der Waals surface area (Å²) in [6.45, 7) is 3.42. The fourth-order valence-corrected chi connectivity index (χ4v) is 2.85. The number of rotatable bonds is 5. The first-order chi connectivity index (χ1) is 8.83. The van der Waals surface area contributed by atoms with E-state index in [1.54, 1.807) is 25.1 Å². The van der Waals surface area contributed by atoms with E-state index in [0.29, 0.717) is 5.69 Å². The van der Waals surface area contributed by atoms with Gasteiger partial charge in [0, 0.05) is 25.3 Å². The van der Waals surface area contributed by atoms with Gasteiger partial charge in [-0.25, -0.2) is 8.42 Å². The van der Waals surface area contributed by atoms with Crippen molar-refractivity contribution in [2.24, 2.45) is 10.9 Å². The molecule has 19 heavy (non-hydrogen) atoms. The average molecular weight is 283 g/mol. The molecule has 104 valence electrons. The molecule has 0 radical (unpaired) electrons. The molecule has 0 saturated heterocycles. The highest BCUT2D eigenvalue weighted by Crippen LogP contribution is 2.23. The Morgan fingerprint density at radius 3 is 2.63 bits per heavy atom. The molecule has 0 heterocycles. The number of amidine groups is 1. The van der Waals surface area contributed by atoms with Crippen LogP contribution in [0.25, 0.3) is 0 Å². The van der Waals surface area contributed by atoms with Crippen LogP contribution in [-0.2, 0) is 9.84 Å². The van der Waals surface area contributed by atoms with Gasteiger partial charge in [-0.1, -0.05) is 11.2 Å². The zero-order valence-electron chi connectivity index (χ0n) is 10.9. The van der Waals surface area contributed by atoms with Crippen molar-refractivity contribution in [2.45, 2.75) is 4.90 Å². The highest BCUT2D eigenvalue weighted by atomic mass is 32.2. The quantitative estimate of drug-likeness (QED) is 0.274. The Morgan fingerprint density at radius 1 is 1.53 bits per heavy atom. The van der Waals surface area contributed by atoms with Gasteiger partial charge in [0.1, 0.15) is 0 Å². The van der Waals surface area contributed by atoms with E-state index in [2.05, 4.69) is 11.7 Å². The second-order valence-corrected chi connectivity index (χ2v) is 6.13. The first-order valence-electron chi connectivity index (χ1n) is 5.46. The predicted octanol–water partition coefficient (Wildman–Crippen LogP) is 0.807. The molecule has 0 spiro atoms. The summed E-state index contributed by atoms with van der Waals surface area (Å²) >= 11 is 0. The van der Waals surface area contributed by atoms with Crippen molar-refractivity contribution in [2.75, 3.05) is 24.7 Å². The summed E-state index contributed by atoms with van der Waals surface area (Å²) in [6.07, 6.45) is 1.30. The van der Waals surface area contributed by atoms with E-state index in [0.717, 1.165) is 0 Å². The Labute approximate surface area is 112 Å². The van der Waals surface area contributed by atoms with Crippen LogP contribution in [0.1, 0.15) is 5.56 Å². The lowest BCUT2D eigenvalue weighted by Crippen LogP contribution is -2.20. The van der Waals surface area contributed by atoms with Crippen LogP contribution in [0.5, 0.6) is 0 Å². The number of benzene rings is 1. The summed E-state index contributed by atoms with van der Waals surface area (Å²) in [6, 6.07) is 4.70. The van der Waals surface area contributed by atoms with Gasteiger partial charge in [0.25, 0.3) is 0 Å². The largest absolute Gasteiger partial charge is 0.409 e. The number of nitrogens with zero attached hydrogens (tertiary/aromatic N) is 2. The van der Waals surface area contributed by atoms with Crippen LogP contribution < -0.4 is 10.6 Å². The van der Waals surface area contributed by atoms with E-state index in [-0.39, 0.29) is 22.0 Å². The number of hydrogen-bond donors (Lipinski definition) is 2. The van der Waals surface area contributed by atoms with Gasteiger partial charge in [0.15, 0.2) is 15.7 Å². The molecule has 0 aromatic heterocycles. The van der Waals surface area contributed by atoms with E-state index >= 15 is 0 Å². The number of anilines is 1. The molecule has 1 rings (SSSR count).